The van der Waals surface area contributed by atoms with E-state index < -0.39 is 0 Å². The zero-order chi connectivity index (χ0) is 12.5. The second-order valence-corrected chi connectivity index (χ2v) is 6.62. The van der Waals surface area contributed by atoms with Gasteiger partial charge in [0.1, 0.15) is 0 Å². The van der Waals surface area contributed by atoms with E-state index in [4.69, 9.17) is 5.11 Å². The van der Waals surface area contributed by atoms with Gasteiger partial charge in [0.05, 0.1) is 0 Å². The lowest BCUT2D eigenvalue weighted by Crippen LogP contribution is -2.39. The lowest BCUT2D eigenvalue weighted by atomic mass is 9.81. The molecular formula is C14H25NO2. The Hall–Kier alpha value is -0.570. The second kappa shape index (κ2) is 4.60. The molecule has 1 amide bonds. The zero-order valence-electron chi connectivity index (χ0n) is 11.1. The Kier molecular flexibility index (Phi) is 3.48. The van der Waals surface area contributed by atoms with Crippen molar-refractivity contribution >= 4 is 5.91 Å². The molecule has 3 nitrogen and oxygen atoms in total. The van der Waals surface area contributed by atoms with Crippen LogP contribution in [-0.2, 0) is 4.79 Å². The molecule has 1 unspecified atom stereocenters. The van der Waals surface area contributed by atoms with Crippen LogP contribution in [0.1, 0.15) is 52.4 Å². The van der Waals surface area contributed by atoms with Gasteiger partial charge in [-0.2, -0.15) is 0 Å². The molecule has 0 spiro atoms. The van der Waals surface area contributed by atoms with Crippen LogP contribution >= 0.6 is 0 Å². The van der Waals surface area contributed by atoms with Crippen LogP contribution in [0, 0.1) is 16.7 Å². The molecule has 0 radical (unpaired) electrons. The number of carbonyl (C=O) groups excluding carboxylic acids is 1. The first-order chi connectivity index (χ1) is 7.99. The molecule has 0 heterocycles. The van der Waals surface area contributed by atoms with Crippen LogP contribution in [-0.4, -0.2) is 24.2 Å². The molecule has 2 aliphatic rings. The third-order valence-electron chi connectivity index (χ3n) is 4.81. The van der Waals surface area contributed by atoms with E-state index >= 15 is 0 Å². The Morgan fingerprint density at radius 1 is 1.35 bits per heavy atom. The van der Waals surface area contributed by atoms with Gasteiger partial charge in [-0.25, -0.2) is 0 Å². The smallest absolute Gasteiger partial charge is 0.223 e. The number of amides is 1. The Bertz CT molecular complexity index is 295. The molecule has 0 aliphatic heterocycles. The summed E-state index contributed by atoms with van der Waals surface area (Å²) in [6.45, 7) is 5.40. The molecule has 1 atom stereocenters. The molecular weight excluding hydrogens is 214 g/mol. The zero-order valence-corrected chi connectivity index (χ0v) is 11.1. The summed E-state index contributed by atoms with van der Waals surface area (Å²) in [6.07, 6.45) is 6.51. The SMILES string of the molecule is CC1(C)CCCC1C(=O)NCC1(CCO)CC1. The Morgan fingerprint density at radius 3 is 2.53 bits per heavy atom. The topological polar surface area (TPSA) is 49.3 Å². The van der Waals surface area contributed by atoms with Gasteiger partial charge in [-0.15, -0.1) is 0 Å². The van der Waals surface area contributed by atoms with E-state index in [1.165, 1.54) is 6.42 Å². The molecule has 0 saturated heterocycles. The van der Waals surface area contributed by atoms with Crippen LogP contribution in [0.4, 0.5) is 0 Å². The Balaban J connectivity index is 1.82. The van der Waals surface area contributed by atoms with Gasteiger partial charge in [0.15, 0.2) is 0 Å². The minimum absolute atomic E-state index is 0.164. The number of carbonyl (C=O) groups is 1. The maximum absolute atomic E-state index is 12.2. The average Bonchev–Trinajstić information content (AvgIpc) is 2.93. The fraction of sp³-hybridized carbons (Fsp3) is 0.929. The van der Waals surface area contributed by atoms with E-state index in [0.29, 0.717) is 0 Å². The summed E-state index contributed by atoms with van der Waals surface area (Å²) >= 11 is 0. The summed E-state index contributed by atoms with van der Waals surface area (Å²) in [5.74, 6) is 0.421. The van der Waals surface area contributed by atoms with Gasteiger partial charge in [0, 0.05) is 19.1 Å². The molecule has 0 aromatic heterocycles. The highest BCUT2D eigenvalue weighted by atomic mass is 16.3. The highest BCUT2D eigenvalue weighted by molar-refractivity contribution is 5.79. The molecule has 0 bridgehead atoms. The quantitative estimate of drug-likeness (QED) is 0.772. The molecule has 2 fully saturated rings. The first-order valence-corrected chi connectivity index (χ1v) is 6.88. The monoisotopic (exact) mass is 239 g/mol. The van der Waals surface area contributed by atoms with Gasteiger partial charge in [0.2, 0.25) is 5.91 Å². The Labute approximate surface area is 104 Å². The summed E-state index contributed by atoms with van der Waals surface area (Å²) in [4.78, 5) is 12.2. The summed E-state index contributed by atoms with van der Waals surface area (Å²) in [5.41, 5.74) is 0.394. The average molecular weight is 239 g/mol. The van der Waals surface area contributed by atoms with E-state index in [1.54, 1.807) is 0 Å². The first kappa shape index (κ1) is 12.9. The van der Waals surface area contributed by atoms with Crippen LogP contribution in [0.2, 0.25) is 0 Å². The highest BCUT2D eigenvalue weighted by Gasteiger charge is 2.44. The normalized spacial score (nSPS) is 29.0. The predicted molar refractivity (Wildman–Crippen MR) is 67.5 cm³/mol. The molecule has 17 heavy (non-hydrogen) atoms. The number of hydrogen-bond donors (Lipinski definition) is 2. The number of nitrogens with one attached hydrogen (secondary N) is 1. The van der Waals surface area contributed by atoms with Crippen molar-refractivity contribution in [3.05, 3.63) is 0 Å². The van der Waals surface area contributed by atoms with Gasteiger partial charge in [-0.1, -0.05) is 20.3 Å². The van der Waals surface area contributed by atoms with Crippen molar-refractivity contribution < 1.29 is 9.90 Å². The number of hydrogen-bond acceptors (Lipinski definition) is 2. The van der Waals surface area contributed by atoms with Gasteiger partial charge >= 0.3 is 0 Å². The minimum atomic E-state index is 0.164. The molecule has 0 aromatic carbocycles. The van der Waals surface area contributed by atoms with E-state index in [-0.39, 0.29) is 29.3 Å². The molecule has 0 aromatic rings. The van der Waals surface area contributed by atoms with Crippen LogP contribution in [0.5, 0.6) is 0 Å². The fourth-order valence-corrected chi connectivity index (χ4v) is 3.14. The molecule has 3 heteroatoms. The van der Waals surface area contributed by atoms with Crippen molar-refractivity contribution in [3.8, 4) is 0 Å². The number of aliphatic hydroxyl groups excluding tert-OH is 1. The van der Waals surface area contributed by atoms with Crippen LogP contribution in [0.15, 0.2) is 0 Å². The van der Waals surface area contributed by atoms with Crippen molar-refractivity contribution in [1.82, 2.24) is 5.32 Å². The van der Waals surface area contributed by atoms with E-state index in [2.05, 4.69) is 19.2 Å². The third-order valence-corrected chi connectivity index (χ3v) is 4.81. The molecule has 2 saturated carbocycles. The lowest BCUT2D eigenvalue weighted by molar-refractivity contribution is -0.127. The lowest BCUT2D eigenvalue weighted by Gasteiger charge is -2.26. The summed E-state index contributed by atoms with van der Waals surface area (Å²) < 4.78 is 0. The summed E-state index contributed by atoms with van der Waals surface area (Å²) in [5, 5.41) is 12.1. The number of aliphatic hydroxyl groups is 1. The van der Waals surface area contributed by atoms with Crippen LogP contribution < -0.4 is 5.32 Å². The van der Waals surface area contributed by atoms with E-state index in [9.17, 15) is 4.79 Å². The van der Waals surface area contributed by atoms with Gasteiger partial charge in [-0.3, -0.25) is 4.79 Å². The largest absolute Gasteiger partial charge is 0.396 e. The van der Waals surface area contributed by atoms with Crippen molar-refractivity contribution in [3.63, 3.8) is 0 Å². The Morgan fingerprint density at radius 2 is 2.06 bits per heavy atom. The van der Waals surface area contributed by atoms with Crippen molar-refractivity contribution in [2.24, 2.45) is 16.7 Å². The maximum Gasteiger partial charge on any atom is 0.223 e. The standard InChI is InChI=1S/C14H25NO2/c1-13(2)5-3-4-11(13)12(17)15-10-14(6-7-14)8-9-16/h11,16H,3-10H2,1-2H3,(H,15,17). The van der Waals surface area contributed by atoms with Gasteiger partial charge < -0.3 is 10.4 Å². The fourth-order valence-electron chi connectivity index (χ4n) is 3.14. The molecule has 2 rings (SSSR count). The van der Waals surface area contributed by atoms with E-state index in [0.717, 1.165) is 38.6 Å². The maximum atomic E-state index is 12.2. The second-order valence-electron chi connectivity index (χ2n) is 6.62. The van der Waals surface area contributed by atoms with E-state index in [1.807, 2.05) is 0 Å². The van der Waals surface area contributed by atoms with Gasteiger partial charge in [-0.05, 0) is 42.9 Å². The molecule has 98 valence electrons. The van der Waals surface area contributed by atoms with Crippen molar-refractivity contribution in [2.75, 3.05) is 13.2 Å². The highest BCUT2D eigenvalue weighted by Crippen LogP contribution is 2.48. The van der Waals surface area contributed by atoms with Crippen LogP contribution in [0.25, 0.3) is 0 Å². The molecule has 2 aliphatic carbocycles. The van der Waals surface area contributed by atoms with Crippen molar-refractivity contribution in [1.29, 1.82) is 0 Å². The van der Waals surface area contributed by atoms with Crippen LogP contribution in [0.3, 0.4) is 0 Å². The number of rotatable bonds is 5. The predicted octanol–water partition coefficient (Wildman–Crippen LogP) is 2.09. The summed E-state index contributed by atoms with van der Waals surface area (Å²) in [7, 11) is 0. The molecule has 2 N–H and O–H groups in total. The first-order valence-electron chi connectivity index (χ1n) is 6.88. The van der Waals surface area contributed by atoms with Gasteiger partial charge in [0.25, 0.3) is 0 Å². The van der Waals surface area contributed by atoms with Crippen molar-refractivity contribution in [2.45, 2.75) is 52.4 Å². The minimum Gasteiger partial charge on any atom is -0.396 e. The third kappa shape index (κ3) is 2.82. The summed E-state index contributed by atoms with van der Waals surface area (Å²) in [6, 6.07) is 0.